The maximum Gasteiger partial charge on any atom is 0.198 e. The van der Waals surface area contributed by atoms with Crippen molar-refractivity contribution in [1.82, 2.24) is 0 Å². The minimum Gasteiger partial charge on any atom is -0.451 e. The molecule has 0 radical (unpaired) electrons. The highest BCUT2D eigenvalue weighted by molar-refractivity contribution is 7.80. The summed E-state index contributed by atoms with van der Waals surface area (Å²) in [5.41, 5.74) is 7.96. The smallest absolute Gasteiger partial charge is 0.198 e. The Bertz CT molecular complexity index is 707. The third kappa shape index (κ3) is 2.74. The van der Waals surface area contributed by atoms with Gasteiger partial charge >= 0.3 is 0 Å². The quantitative estimate of drug-likeness (QED) is 0.874. The minimum absolute atomic E-state index is 0.0584. The summed E-state index contributed by atoms with van der Waals surface area (Å²) in [5.74, 6) is -1.65. The number of benzene rings is 2. The van der Waals surface area contributed by atoms with Crippen LogP contribution in [0, 0.1) is 11.6 Å². The fourth-order valence-electron chi connectivity index (χ4n) is 2.53. The van der Waals surface area contributed by atoms with Gasteiger partial charge in [0.2, 0.25) is 0 Å². The molecule has 1 aliphatic carbocycles. The van der Waals surface area contributed by atoms with Crippen molar-refractivity contribution in [2.24, 2.45) is 5.73 Å². The molecule has 0 bridgehead atoms. The zero-order valence-electron chi connectivity index (χ0n) is 11.2. The van der Waals surface area contributed by atoms with Gasteiger partial charge < -0.3 is 10.5 Å². The monoisotopic (exact) mass is 305 g/mol. The number of rotatable bonds is 3. The SMILES string of the molecule is NC(=S)c1cc(F)c(Oc2ccc3c(c2)CCC3)c(F)c1. The number of ether oxygens (including phenoxy) is 1. The van der Waals surface area contributed by atoms with E-state index in [0.717, 1.165) is 31.4 Å². The van der Waals surface area contributed by atoms with E-state index in [2.05, 4.69) is 0 Å². The van der Waals surface area contributed by atoms with Gasteiger partial charge in [-0.3, -0.25) is 0 Å². The van der Waals surface area contributed by atoms with E-state index in [-0.39, 0.29) is 10.6 Å². The van der Waals surface area contributed by atoms with Crippen molar-refractivity contribution in [3.63, 3.8) is 0 Å². The summed E-state index contributed by atoms with van der Waals surface area (Å²) in [7, 11) is 0. The lowest BCUT2D eigenvalue weighted by molar-refractivity contribution is 0.407. The second kappa shape index (κ2) is 5.41. The predicted molar refractivity (Wildman–Crippen MR) is 80.8 cm³/mol. The van der Waals surface area contributed by atoms with Gasteiger partial charge in [-0.2, -0.15) is 0 Å². The molecular formula is C16H13F2NOS. The lowest BCUT2D eigenvalue weighted by atomic mass is 10.1. The standard InChI is InChI=1S/C16H13F2NOS/c17-13-7-11(16(19)21)8-14(18)15(13)20-12-5-4-9-2-1-3-10(9)6-12/h4-8H,1-3H2,(H2,19,21). The molecule has 0 aliphatic heterocycles. The third-order valence-corrected chi connectivity index (χ3v) is 3.81. The highest BCUT2D eigenvalue weighted by Crippen LogP contribution is 2.32. The lowest BCUT2D eigenvalue weighted by Gasteiger charge is -2.10. The summed E-state index contributed by atoms with van der Waals surface area (Å²) in [5, 5.41) is 0. The van der Waals surface area contributed by atoms with Crippen LogP contribution in [0.5, 0.6) is 11.5 Å². The number of aryl methyl sites for hydroxylation is 2. The summed E-state index contributed by atoms with van der Waals surface area (Å²) in [6, 6.07) is 7.66. The van der Waals surface area contributed by atoms with Crippen LogP contribution in [0.3, 0.4) is 0 Å². The average molecular weight is 305 g/mol. The molecule has 0 fully saturated rings. The number of thiocarbonyl (C=S) groups is 1. The second-order valence-electron chi connectivity index (χ2n) is 5.02. The van der Waals surface area contributed by atoms with Crippen LogP contribution in [-0.2, 0) is 12.8 Å². The first-order chi connectivity index (χ1) is 10.0. The molecule has 3 rings (SSSR count). The summed E-state index contributed by atoms with van der Waals surface area (Å²) in [6.07, 6.45) is 3.11. The zero-order valence-corrected chi connectivity index (χ0v) is 12.0. The summed E-state index contributed by atoms with van der Waals surface area (Å²) in [4.78, 5) is -0.0584. The van der Waals surface area contributed by atoms with Crippen molar-refractivity contribution in [3.8, 4) is 11.5 Å². The zero-order chi connectivity index (χ0) is 15.0. The van der Waals surface area contributed by atoms with Crippen molar-refractivity contribution in [1.29, 1.82) is 0 Å². The molecule has 2 nitrogen and oxygen atoms in total. The van der Waals surface area contributed by atoms with Gasteiger partial charge in [-0.25, -0.2) is 8.78 Å². The van der Waals surface area contributed by atoms with Crippen molar-refractivity contribution in [2.45, 2.75) is 19.3 Å². The molecule has 0 saturated heterocycles. The molecule has 0 spiro atoms. The van der Waals surface area contributed by atoms with E-state index in [1.165, 1.54) is 11.1 Å². The van der Waals surface area contributed by atoms with Crippen LogP contribution < -0.4 is 10.5 Å². The molecule has 0 unspecified atom stereocenters. The van der Waals surface area contributed by atoms with Gasteiger partial charge in [0, 0.05) is 5.56 Å². The fourth-order valence-corrected chi connectivity index (χ4v) is 2.65. The summed E-state index contributed by atoms with van der Waals surface area (Å²) in [6.45, 7) is 0. The Hall–Kier alpha value is -2.01. The summed E-state index contributed by atoms with van der Waals surface area (Å²) < 4.78 is 33.3. The Balaban J connectivity index is 1.93. The number of halogens is 2. The van der Waals surface area contributed by atoms with Crippen LogP contribution in [0.2, 0.25) is 0 Å². The number of hydrogen-bond acceptors (Lipinski definition) is 2. The van der Waals surface area contributed by atoms with Crippen LogP contribution in [0.25, 0.3) is 0 Å². The van der Waals surface area contributed by atoms with Gasteiger partial charge in [0.05, 0.1) is 0 Å². The molecule has 0 saturated carbocycles. The van der Waals surface area contributed by atoms with Gasteiger partial charge in [0.1, 0.15) is 10.7 Å². The van der Waals surface area contributed by atoms with Gasteiger partial charge in [-0.1, -0.05) is 18.3 Å². The predicted octanol–water partition coefficient (Wildman–Crippen LogP) is 3.88. The number of nitrogens with two attached hydrogens (primary N) is 1. The molecule has 5 heteroatoms. The first kappa shape index (κ1) is 13.9. The molecule has 0 heterocycles. The number of fused-ring (bicyclic) bond motifs is 1. The fraction of sp³-hybridized carbons (Fsp3) is 0.188. The molecule has 0 aromatic heterocycles. The Morgan fingerprint density at radius 1 is 1.05 bits per heavy atom. The van der Waals surface area contributed by atoms with Crippen LogP contribution >= 0.6 is 12.2 Å². The van der Waals surface area contributed by atoms with Crippen LogP contribution in [0.1, 0.15) is 23.1 Å². The van der Waals surface area contributed by atoms with Crippen molar-refractivity contribution >= 4 is 17.2 Å². The van der Waals surface area contributed by atoms with Crippen LogP contribution in [0.15, 0.2) is 30.3 Å². The topological polar surface area (TPSA) is 35.2 Å². The molecule has 0 amide bonds. The van der Waals surface area contributed by atoms with Crippen molar-refractivity contribution < 1.29 is 13.5 Å². The molecule has 2 aromatic rings. The third-order valence-electron chi connectivity index (χ3n) is 3.57. The Morgan fingerprint density at radius 3 is 2.38 bits per heavy atom. The minimum atomic E-state index is -0.821. The molecule has 1 aliphatic rings. The largest absolute Gasteiger partial charge is 0.451 e. The second-order valence-corrected chi connectivity index (χ2v) is 5.46. The van der Waals surface area contributed by atoms with Crippen LogP contribution in [0.4, 0.5) is 8.78 Å². The maximum atomic E-state index is 14.0. The van der Waals surface area contributed by atoms with E-state index in [1.54, 1.807) is 6.07 Å². The average Bonchev–Trinajstić information content (AvgIpc) is 2.90. The van der Waals surface area contributed by atoms with Crippen molar-refractivity contribution in [3.05, 3.63) is 58.7 Å². The van der Waals surface area contributed by atoms with E-state index in [1.807, 2.05) is 12.1 Å². The van der Waals surface area contributed by atoms with Gasteiger partial charge in [-0.05, 0) is 54.7 Å². The van der Waals surface area contributed by atoms with Gasteiger partial charge in [0.15, 0.2) is 17.4 Å². The molecular weight excluding hydrogens is 292 g/mol. The van der Waals surface area contributed by atoms with E-state index in [4.69, 9.17) is 22.7 Å². The summed E-state index contributed by atoms with van der Waals surface area (Å²) >= 11 is 4.71. The Labute approximate surface area is 126 Å². The highest BCUT2D eigenvalue weighted by Gasteiger charge is 2.16. The van der Waals surface area contributed by atoms with E-state index in [9.17, 15) is 8.78 Å². The van der Waals surface area contributed by atoms with Crippen molar-refractivity contribution in [2.75, 3.05) is 0 Å². The van der Waals surface area contributed by atoms with Crippen LogP contribution in [-0.4, -0.2) is 4.99 Å². The first-order valence-corrected chi connectivity index (χ1v) is 7.04. The Morgan fingerprint density at radius 2 is 1.71 bits per heavy atom. The van der Waals surface area contributed by atoms with E-state index < -0.39 is 17.4 Å². The molecule has 0 atom stereocenters. The first-order valence-electron chi connectivity index (χ1n) is 6.63. The van der Waals surface area contributed by atoms with E-state index >= 15 is 0 Å². The van der Waals surface area contributed by atoms with E-state index in [0.29, 0.717) is 5.75 Å². The molecule has 108 valence electrons. The van der Waals surface area contributed by atoms with Gasteiger partial charge in [0.25, 0.3) is 0 Å². The number of hydrogen-bond donors (Lipinski definition) is 1. The molecule has 21 heavy (non-hydrogen) atoms. The van der Waals surface area contributed by atoms with Gasteiger partial charge in [-0.15, -0.1) is 0 Å². The lowest BCUT2D eigenvalue weighted by Crippen LogP contribution is -2.10. The highest BCUT2D eigenvalue weighted by atomic mass is 32.1. The molecule has 2 N–H and O–H groups in total. The maximum absolute atomic E-state index is 14.0. The molecule has 2 aromatic carbocycles. The Kier molecular flexibility index (Phi) is 3.59. The normalized spacial score (nSPS) is 13.0.